The van der Waals surface area contributed by atoms with Crippen molar-refractivity contribution in [3.05, 3.63) is 58.2 Å². The van der Waals surface area contributed by atoms with Crippen molar-refractivity contribution in [3.63, 3.8) is 0 Å². The van der Waals surface area contributed by atoms with Gasteiger partial charge in [0.1, 0.15) is 11.5 Å². The van der Waals surface area contributed by atoms with Gasteiger partial charge in [-0.25, -0.2) is 4.39 Å². The van der Waals surface area contributed by atoms with Crippen LogP contribution in [0.3, 0.4) is 0 Å². The number of aryl methyl sites for hydroxylation is 1. The molecule has 0 bridgehead atoms. The summed E-state index contributed by atoms with van der Waals surface area (Å²) in [5, 5.41) is 2.76. The average Bonchev–Trinajstić information content (AvgIpc) is 2.83. The summed E-state index contributed by atoms with van der Waals surface area (Å²) in [4.78, 5) is 27.3. The monoisotopic (exact) mass is 300 g/mol. The molecule has 1 aliphatic carbocycles. The second-order valence-electron chi connectivity index (χ2n) is 5.57. The van der Waals surface area contributed by atoms with Crippen molar-refractivity contribution in [3.8, 4) is 0 Å². The fourth-order valence-electron chi connectivity index (χ4n) is 2.92. The maximum Gasteiger partial charge on any atom is 0.268 e. The fraction of sp³-hybridized carbons (Fsp3) is 0.294. The predicted octanol–water partition coefficient (Wildman–Crippen LogP) is 2.91. The van der Waals surface area contributed by atoms with Crippen LogP contribution in [0.1, 0.15) is 50.5 Å². The minimum absolute atomic E-state index is 0.0965. The van der Waals surface area contributed by atoms with Crippen molar-refractivity contribution >= 4 is 11.7 Å². The van der Waals surface area contributed by atoms with Gasteiger partial charge in [-0.2, -0.15) is 0 Å². The summed E-state index contributed by atoms with van der Waals surface area (Å²) in [5.74, 6) is -0.507. The SMILES string of the molecule is Cc1c(C(=O)NCc2cccc(F)c2)[nH]c2c1C(=O)CCC2. The lowest BCUT2D eigenvalue weighted by Crippen LogP contribution is -2.24. The second kappa shape index (κ2) is 5.75. The van der Waals surface area contributed by atoms with Crippen LogP contribution in [0.25, 0.3) is 0 Å². The number of rotatable bonds is 3. The number of hydrogen-bond donors (Lipinski definition) is 2. The van der Waals surface area contributed by atoms with E-state index in [4.69, 9.17) is 0 Å². The summed E-state index contributed by atoms with van der Waals surface area (Å²) in [5.41, 5.74) is 3.35. The van der Waals surface area contributed by atoms with Crippen molar-refractivity contribution in [2.75, 3.05) is 0 Å². The third-order valence-corrected chi connectivity index (χ3v) is 4.01. The highest BCUT2D eigenvalue weighted by Crippen LogP contribution is 2.26. The molecule has 0 saturated carbocycles. The van der Waals surface area contributed by atoms with Crippen LogP contribution in [-0.2, 0) is 13.0 Å². The Morgan fingerprint density at radius 1 is 1.36 bits per heavy atom. The molecule has 2 N–H and O–H groups in total. The summed E-state index contributed by atoms with van der Waals surface area (Å²) in [6.07, 6.45) is 2.14. The van der Waals surface area contributed by atoms with Gasteiger partial charge in [-0.15, -0.1) is 0 Å². The molecule has 3 rings (SSSR count). The van der Waals surface area contributed by atoms with E-state index in [0.717, 1.165) is 18.5 Å². The van der Waals surface area contributed by atoms with Crippen LogP contribution in [0, 0.1) is 12.7 Å². The molecule has 0 spiro atoms. The van der Waals surface area contributed by atoms with Crippen molar-refractivity contribution < 1.29 is 14.0 Å². The van der Waals surface area contributed by atoms with E-state index < -0.39 is 0 Å². The quantitative estimate of drug-likeness (QED) is 0.915. The molecule has 1 aromatic carbocycles. The lowest BCUT2D eigenvalue weighted by atomic mass is 9.94. The summed E-state index contributed by atoms with van der Waals surface area (Å²) in [6, 6.07) is 6.10. The number of aromatic amines is 1. The number of amides is 1. The zero-order valence-electron chi connectivity index (χ0n) is 12.3. The van der Waals surface area contributed by atoms with Gasteiger partial charge in [0.05, 0.1) is 0 Å². The molecule has 5 heteroatoms. The lowest BCUT2D eigenvalue weighted by molar-refractivity contribution is 0.0944. The van der Waals surface area contributed by atoms with Gasteiger partial charge in [0.25, 0.3) is 5.91 Å². The van der Waals surface area contributed by atoms with Crippen LogP contribution in [-0.4, -0.2) is 16.7 Å². The molecule has 4 nitrogen and oxygen atoms in total. The topological polar surface area (TPSA) is 62.0 Å². The highest BCUT2D eigenvalue weighted by Gasteiger charge is 2.26. The molecule has 0 aliphatic heterocycles. The first kappa shape index (κ1) is 14.5. The van der Waals surface area contributed by atoms with Crippen LogP contribution in [0.2, 0.25) is 0 Å². The molecule has 0 fully saturated rings. The summed E-state index contributed by atoms with van der Waals surface area (Å²) < 4.78 is 13.1. The van der Waals surface area contributed by atoms with Gasteiger partial charge in [0.15, 0.2) is 5.78 Å². The highest BCUT2D eigenvalue weighted by molar-refractivity contribution is 6.04. The molecule has 2 aromatic rings. The molecule has 1 amide bonds. The van der Waals surface area contributed by atoms with Crippen LogP contribution in [0.15, 0.2) is 24.3 Å². The smallest absolute Gasteiger partial charge is 0.268 e. The predicted molar refractivity (Wildman–Crippen MR) is 80.4 cm³/mol. The normalized spacial score (nSPS) is 13.8. The van der Waals surface area contributed by atoms with Crippen LogP contribution >= 0.6 is 0 Å². The number of halogens is 1. The summed E-state index contributed by atoms with van der Waals surface area (Å²) in [6.45, 7) is 2.03. The van der Waals surface area contributed by atoms with Gasteiger partial charge in [-0.05, 0) is 43.0 Å². The maximum absolute atomic E-state index is 13.1. The molecule has 0 radical (unpaired) electrons. The third-order valence-electron chi connectivity index (χ3n) is 4.01. The molecule has 0 atom stereocenters. The Bertz CT molecular complexity index is 749. The number of benzene rings is 1. The van der Waals surface area contributed by atoms with Crippen LogP contribution in [0.4, 0.5) is 4.39 Å². The summed E-state index contributed by atoms with van der Waals surface area (Å²) >= 11 is 0. The Labute approximate surface area is 127 Å². The fourth-order valence-corrected chi connectivity index (χ4v) is 2.92. The van der Waals surface area contributed by atoms with Gasteiger partial charge < -0.3 is 10.3 Å². The number of H-pyrrole nitrogens is 1. The second-order valence-corrected chi connectivity index (χ2v) is 5.57. The van der Waals surface area contributed by atoms with E-state index in [-0.39, 0.29) is 24.1 Å². The van der Waals surface area contributed by atoms with E-state index >= 15 is 0 Å². The molecule has 1 aliphatic rings. The Morgan fingerprint density at radius 3 is 2.91 bits per heavy atom. The van der Waals surface area contributed by atoms with Gasteiger partial charge in [0.2, 0.25) is 0 Å². The zero-order valence-corrected chi connectivity index (χ0v) is 12.3. The number of nitrogens with one attached hydrogen (secondary N) is 2. The third kappa shape index (κ3) is 2.66. The molecule has 114 valence electrons. The number of fused-ring (bicyclic) bond motifs is 1. The first-order valence-electron chi connectivity index (χ1n) is 7.33. The van der Waals surface area contributed by atoms with Gasteiger partial charge in [-0.1, -0.05) is 12.1 Å². The number of aromatic nitrogens is 1. The Balaban J connectivity index is 1.77. The van der Waals surface area contributed by atoms with Gasteiger partial charge >= 0.3 is 0 Å². The molecule has 1 aromatic heterocycles. The van der Waals surface area contributed by atoms with Crippen LogP contribution in [0.5, 0.6) is 0 Å². The van der Waals surface area contributed by atoms with E-state index in [1.54, 1.807) is 19.1 Å². The molecular formula is C17H17FN2O2. The standard InChI is InChI=1S/C17H17FN2O2/c1-10-15-13(6-3-7-14(15)21)20-16(10)17(22)19-9-11-4-2-5-12(18)8-11/h2,4-5,8,20H,3,6-7,9H2,1H3,(H,19,22). The Morgan fingerprint density at radius 2 is 2.18 bits per heavy atom. The Hall–Kier alpha value is -2.43. The molecule has 0 saturated heterocycles. The van der Waals surface area contributed by atoms with E-state index in [2.05, 4.69) is 10.3 Å². The van der Waals surface area contributed by atoms with E-state index in [1.165, 1.54) is 12.1 Å². The molecule has 1 heterocycles. The highest BCUT2D eigenvalue weighted by atomic mass is 19.1. The maximum atomic E-state index is 13.1. The minimum atomic E-state index is -0.330. The van der Waals surface area contributed by atoms with Crippen LogP contribution < -0.4 is 5.32 Å². The van der Waals surface area contributed by atoms with Gasteiger partial charge in [0, 0.05) is 24.2 Å². The lowest BCUT2D eigenvalue weighted by Gasteiger charge is -2.09. The number of ketones is 1. The molecule has 22 heavy (non-hydrogen) atoms. The van der Waals surface area contributed by atoms with Gasteiger partial charge in [-0.3, -0.25) is 9.59 Å². The number of Topliss-reactive ketones (excluding diaryl/α,β-unsaturated/α-hetero) is 1. The van der Waals surface area contributed by atoms with Crippen molar-refractivity contribution in [1.82, 2.24) is 10.3 Å². The first-order chi connectivity index (χ1) is 10.6. The molecular weight excluding hydrogens is 283 g/mol. The van der Waals surface area contributed by atoms with E-state index in [1.807, 2.05) is 0 Å². The average molecular weight is 300 g/mol. The zero-order chi connectivity index (χ0) is 15.7. The van der Waals surface area contributed by atoms with E-state index in [9.17, 15) is 14.0 Å². The van der Waals surface area contributed by atoms with Crippen molar-refractivity contribution in [2.45, 2.75) is 32.7 Å². The van der Waals surface area contributed by atoms with Crippen molar-refractivity contribution in [2.24, 2.45) is 0 Å². The minimum Gasteiger partial charge on any atom is -0.354 e. The number of carbonyl (C=O) groups is 2. The van der Waals surface area contributed by atoms with E-state index in [0.29, 0.717) is 28.8 Å². The summed E-state index contributed by atoms with van der Waals surface area (Å²) in [7, 11) is 0. The largest absolute Gasteiger partial charge is 0.354 e. The first-order valence-corrected chi connectivity index (χ1v) is 7.33. The Kier molecular flexibility index (Phi) is 3.79. The number of hydrogen-bond acceptors (Lipinski definition) is 2. The molecule has 0 unspecified atom stereocenters. The number of carbonyl (C=O) groups excluding carboxylic acids is 2. The van der Waals surface area contributed by atoms with Crippen molar-refractivity contribution in [1.29, 1.82) is 0 Å².